The van der Waals surface area contributed by atoms with Crippen LogP contribution < -0.4 is 0 Å². The maximum Gasteiger partial charge on any atom is 0.568 e. The van der Waals surface area contributed by atoms with Gasteiger partial charge in [-0.1, -0.05) is 12.1 Å². The van der Waals surface area contributed by atoms with Crippen LogP contribution in [-0.2, 0) is 20.1 Å². The fraction of sp³-hybridized carbons (Fsp3) is 0. The molecule has 0 spiro atoms. The molecule has 0 unspecified atom stereocenters. The van der Waals surface area contributed by atoms with Crippen LogP contribution in [0.1, 0.15) is 0 Å². The number of hydrogen-bond acceptors (Lipinski definition) is 4. The van der Waals surface area contributed by atoms with Crippen molar-refractivity contribution in [2.45, 2.75) is 0 Å². The average molecular weight is 619 g/mol. The first-order valence-corrected chi connectivity index (χ1v) is 9.35. The Balaban J connectivity index is 0.000000180. The molecule has 4 aromatic heterocycles. The van der Waals surface area contributed by atoms with Crippen molar-refractivity contribution in [2.24, 2.45) is 0 Å². The summed E-state index contributed by atoms with van der Waals surface area (Å²) >= 11 is 0. The van der Waals surface area contributed by atoms with E-state index in [2.05, 4.69) is 31.2 Å². The van der Waals surface area contributed by atoms with Gasteiger partial charge in [-0.15, -0.1) is 17.7 Å². The number of nitrogens with zero attached hydrogens (tertiary/aromatic N) is 8. The van der Waals surface area contributed by atoms with E-state index in [1.807, 2.05) is 36.8 Å². The van der Waals surface area contributed by atoms with Crippen LogP contribution in [0.2, 0.25) is 0 Å². The third kappa shape index (κ3) is 5.28. The minimum absolute atomic E-state index is 0. The van der Waals surface area contributed by atoms with Crippen LogP contribution in [0, 0.1) is 24.3 Å². The summed E-state index contributed by atoms with van der Waals surface area (Å²) in [6.45, 7) is 6.70. The summed E-state index contributed by atoms with van der Waals surface area (Å²) in [5.41, 5.74) is -0.294. The first-order valence-electron chi connectivity index (χ1n) is 9.35. The smallest absolute Gasteiger partial charge is 0.305 e. The Bertz CT molecular complexity index is 1220. The van der Waals surface area contributed by atoms with Crippen molar-refractivity contribution in [1.82, 2.24) is 34.1 Å². The Morgan fingerprint density at radius 1 is 0.848 bits per heavy atom. The Morgan fingerprint density at radius 3 is 1.85 bits per heavy atom. The van der Waals surface area contributed by atoms with Gasteiger partial charge in [0.2, 0.25) is 0 Å². The molecule has 33 heavy (non-hydrogen) atoms. The number of hydrogen-bond donors (Lipinski definition) is 0. The normalized spacial score (nSPS) is 9.85. The molecular weight excluding hydrogens is 605 g/mol. The van der Waals surface area contributed by atoms with Gasteiger partial charge < -0.3 is 4.98 Å². The topological polar surface area (TPSA) is 70.7 Å². The Hall–Kier alpha value is -3.94. The van der Waals surface area contributed by atoms with Crippen molar-refractivity contribution in [3.63, 3.8) is 0 Å². The van der Waals surface area contributed by atoms with Crippen LogP contribution in [0.15, 0.2) is 85.8 Å². The van der Waals surface area contributed by atoms with Gasteiger partial charge in [0.05, 0.1) is 6.57 Å². The molecule has 0 aliphatic heterocycles. The van der Waals surface area contributed by atoms with Crippen LogP contribution in [0.3, 0.4) is 0 Å². The molecule has 165 valence electrons. The fourth-order valence-electron chi connectivity index (χ4n) is 2.91. The summed E-state index contributed by atoms with van der Waals surface area (Å²) in [4.78, 5) is 6.73. The molecule has 0 saturated carbocycles. The molecule has 0 fully saturated rings. The molecule has 0 N–H and O–H groups in total. The zero-order valence-corrected chi connectivity index (χ0v) is 19.2. The van der Waals surface area contributed by atoms with Gasteiger partial charge in [-0.25, -0.2) is 0 Å². The molecule has 0 atom stereocenters. The summed E-state index contributed by atoms with van der Waals surface area (Å²) in [6.07, 6.45) is 12.3. The molecule has 5 aromatic rings. The molecule has 8 nitrogen and oxygen atoms in total. The monoisotopic (exact) mass is 620 g/mol. The van der Waals surface area contributed by atoms with Crippen LogP contribution in [0.5, 0.6) is 0 Å². The van der Waals surface area contributed by atoms with Crippen LogP contribution in [0.25, 0.3) is 16.1 Å². The van der Waals surface area contributed by atoms with Crippen LogP contribution in [-0.4, -0.2) is 41.2 Å². The van der Waals surface area contributed by atoms with Crippen molar-refractivity contribution in [2.75, 3.05) is 0 Å². The van der Waals surface area contributed by atoms with Gasteiger partial charge in [0.15, 0.2) is 5.69 Å². The van der Waals surface area contributed by atoms with E-state index in [1.54, 1.807) is 50.6 Å². The van der Waals surface area contributed by atoms with E-state index in [0.717, 1.165) is 6.07 Å². The molecule has 1 aromatic carbocycles. The minimum Gasteiger partial charge on any atom is -0.305 e. The Labute approximate surface area is 201 Å². The molecule has 0 saturated heterocycles. The predicted octanol–water partition coefficient (Wildman–Crippen LogP) is 3.58. The molecule has 0 amide bonds. The molecule has 0 bridgehead atoms. The fourth-order valence-corrected chi connectivity index (χ4v) is 2.91. The molecule has 1 radical (unpaired) electrons. The summed E-state index contributed by atoms with van der Waals surface area (Å²) in [5.74, 6) is -1.83. The zero-order valence-electron chi connectivity index (χ0n) is 16.8. The third-order valence-electron chi connectivity index (χ3n) is 4.31. The van der Waals surface area contributed by atoms with Crippen molar-refractivity contribution in [1.29, 1.82) is 0 Å². The van der Waals surface area contributed by atoms with E-state index >= 15 is 0 Å². The second-order valence-electron chi connectivity index (χ2n) is 6.31. The van der Waals surface area contributed by atoms with Crippen molar-refractivity contribution < 1.29 is 28.9 Å². The number of aromatic nitrogens is 7. The number of pyridine rings is 1. The zero-order chi connectivity index (χ0) is 22.3. The van der Waals surface area contributed by atoms with Gasteiger partial charge in [0, 0.05) is 75.1 Å². The first-order chi connectivity index (χ1) is 15.7. The maximum atomic E-state index is 13.7. The summed E-state index contributed by atoms with van der Waals surface area (Å²) in [5, 5.41) is 12.7. The minimum atomic E-state index is -0.922. The summed E-state index contributed by atoms with van der Waals surface area (Å²) in [6, 6.07) is 13.9. The van der Waals surface area contributed by atoms with E-state index < -0.39 is 17.3 Å². The predicted molar refractivity (Wildman–Crippen MR) is 113 cm³/mol. The van der Waals surface area contributed by atoms with E-state index in [-0.39, 0.29) is 32.8 Å². The Kier molecular flexibility index (Phi) is 7.97. The van der Waals surface area contributed by atoms with E-state index in [9.17, 15) is 8.78 Å². The van der Waals surface area contributed by atoms with Crippen molar-refractivity contribution in [3.8, 4) is 11.3 Å². The largest absolute Gasteiger partial charge is 0.568 e. The van der Waals surface area contributed by atoms with Gasteiger partial charge in [-0.3, -0.25) is 27.4 Å². The molecule has 5 rings (SSSR count). The molecule has 0 aliphatic carbocycles. The maximum absolute atomic E-state index is 13.7. The summed E-state index contributed by atoms with van der Waals surface area (Å²) in [7, 11) is -0.194. The standard InChI is InChI=1S/C12H5F2N2.C9H9BN6.Ir/c1-15-12-9(13)6-5-8(11(12)14)10-4-2-3-7-16-10;1-4-11-14(7-1)10(15-8-2-5-12-15)16-9-3-6-13-16;/h2-4,6-7H;1-9H;/q-1;;. The van der Waals surface area contributed by atoms with E-state index in [0.29, 0.717) is 5.69 Å². The van der Waals surface area contributed by atoms with Crippen molar-refractivity contribution in [3.05, 3.63) is 115 Å². The van der Waals surface area contributed by atoms with Crippen LogP contribution in [0.4, 0.5) is 14.5 Å². The molecule has 12 heteroatoms. The first kappa shape index (κ1) is 23.7. The Morgan fingerprint density at radius 2 is 1.42 bits per heavy atom. The van der Waals surface area contributed by atoms with E-state index in [1.165, 1.54) is 6.20 Å². The molecular formula is C21H14BF2IrN8-. The number of halogens is 2. The molecule has 0 aliphatic rings. The SMILES string of the molecule is [C-]#[N+]c1c(F)c[c-]c(-c2ccccn2)c1F.[Ir].c1cnn(B(n2cccn2)n2cccn2)c1. The number of benzene rings is 1. The van der Waals surface area contributed by atoms with Gasteiger partial charge in [0.1, 0.15) is 0 Å². The van der Waals surface area contributed by atoms with Gasteiger partial charge in [-0.05, 0) is 30.0 Å². The van der Waals surface area contributed by atoms with E-state index in [4.69, 9.17) is 6.57 Å². The third-order valence-corrected chi connectivity index (χ3v) is 4.31. The molecule has 4 heterocycles. The van der Waals surface area contributed by atoms with Gasteiger partial charge in [0.25, 0.3) is 0 Å². The quantitative estimate of drug-likeness (QED) is 0.228. The summed E-state index contributed by atoms with van der Waals surface area (Å²) < 4.78 is 32.1. The van der Waals surface area contributed by atoms with Crippen molar-refractivity contribution >= 4 is 12.8 Å². The average Bonchev–Trinajstić information content (AvgIpc) is 3.61. The van der Waals surface area contributed by atoms with Gasteiger partial charge >= 0.3 is 7.12 Å². The van der Waals surface area contributed by atoms with Crippen LogP contribution >= 0.6 is 0 Å². The number of rotatable bonds is 4. The second kappa shape index (κ2) is 11.1. The second-order valence-corrected chi connectivity index (χ2v) is 6.31. The van der Waals surface area contributed by atoms with Gasteiger partial charge in [-0.2, -0.15) is 15.3 Å².